The van der Waals surface area contributed by atoms with Gasteiger partial charge in [-0.1, -0.05) is 37.1 Å². The van der Waals surface area contributed by atoms with Crippen LogP contribution in [0.1, 0.15) is 20.3 Å². The Morgan fingerprint density at radius 1 is 1.26 bits per heavy atom. The summed E-state index contributed by atoms with van der Waals surface area (Å²) in [6.45, 7) is 5.05. The Morgan fingerprint density at radius 2 is 2.00 bits per heavy atom. The van der Waals surface area contributed by atoms with Crippen LogP contribution in [0, 0.1) is 5.41 Å². The number of para-hydroxylation sites is 1. The van der Waals surface area contributed by atoms with Gasteiger partial charge in [0.25, 0.3) is 0 Å². The van der Waals surface area contributed by atoms with E-state index in [0.29, 0.717) is 12.5 Å². The van der Waals surface area contributed by atoms with Gasteiger partial charge in [0.05, 0.1) is 5.69 Å². The second kappa shape index (κ2) is 5.79. The lowest BCUT2D eigenvalue weighted by Gasteiger charge is -2.23. The van der Waals surface area contributed by atoms with E-state index in [2.05, 4.69) is 34.7 Å². The molecule has 0 saturated carbocycles. The summed E-state index contributed by atoms with van der Waals surface area (Å²) in [6, 6.07) is 9.72. The Hall–Kier alpha value is -1.95. The van der Waals surface area contributed by atoms with Crippen molar-refractivity contribution < 1.29 is 5.11 Å². The van der Waals surface area contributed by atoms with E-state index in [1.54, 1.807) is 4.68 Å². The van der Waals surface area contributed by atoms with E-state index < -0.39 is 0 Å². The number of aromatic nitrogens is 4. The fraction of sp³-hybridized carbons (Fsp3) is 0.462. The molecular formula is C13H19N5O. The molecule has 0 fully saturated rings. The highest BCUT2D eigenvalue weighted by molar-refractivity contribution is 5.38. The lowest BCUT2D eigenvalue weighted by molar-refractivity contribution is 0.220. The topological polar surface area (TPSA) is 75.9 Å². The van der Waals surface area contributed by atoms with E-state index in [1.807, 2.05) is 30.3 Å². The van der Waals surface area contributed by atoms with E-state index in [4.69, 9.17) is 5.11 Å². The van der Waals surface area contributed by atoms with Crippen molar-refractivity contribution in [2.75, 3.05) is 18.5 Å². The Morgan fingerprint density at radius 3 is 2.68 bits per heavy atom. The Kier molecular flexibility index (Phi) is 4.11. The van der Waals surface area contributed by atoms with Crippen molar-refractivity contribution >= 4 is 5.95 Å². The first-order chi connectivity index (χ1) is 9.12. The molecule has 0 amide bonds. The molecule has 0 spiro atoms. The van der Waals surface area contributed by atoms with Gasteiger partial charge < -0.3 is 10.4 Å². The molecule has 2 aromatic rings. The molecule has 0 saturated heterocycles. The highest BCUT2D eigenvalue weighted by Crippen LogP contribution is 2.20. The summed E-state index contributed by atoms with van der Waals surface area (Å²) < 4.78 is 1.66. The number of aliphatic hydroxyl groups excluding tert-OH is 1. The average molecular weight is 261 g/mol. The van der Waals surface area contributed by atoms with Crippen molar-refractivity contribution in [1.29, 1.82) is 0 Å². The van der Waals surface area contributed by atoms with E-state index >= 15 is 0 Å². The zero-order chi connectivity index (χ0) is 13.7. The zero-order valence-corrected chi connectivity index (χ0v) is 11.2. The maximum Gasteiger partial charge on any atom is 0.247 e. The van der Waals surface area contributed by atoms with Gasteiger partial charge in [0.15, 0.2) is 0 Å². The fourth-order valence-electron chi connectivity index (χ4n) is 1.75. The fourth-order valence-corrected chi connectivity index (χ4v) is 1.75. The number of nitrogens with zero attached hydrogens (tertiary/aromatic N) is 4. The van der Waals surface area contributed by atoms with Crippen molar-refractivity contribution in [3.63, 3.8) is 0 Å². The van der Waals surface area contributed by atoms with Crippen LogP contribution in [0.15, 0.2) is 30.3 Å². The quantitative estimate of drug-likeness (QED) is 0.823. The summed E-state index contributed by atoms with van der Waals surface area (Å²) in [7, 11) is 0. The third-order valence-corrected chi connectivity index (χ3v) is 2.98. The summed E-state index contributed by atoms with van der Waals surface area (Å²) >= 11 is 0. The third-order valence-electron chi connectivity index (χ3n) is 2.98. The monoisotopic (exact) mass is 261 g/mol. The second-order valence-corrected chi connectivity index (χ2v) is 5.24. The van der Waals surface area contributed by atoms with Crippen molar-refractivity contribution in [2.45, 2.75) is 20.3 Å². The number of nitrogens with one attached hydrogen (secondary N) is 1. The smallest absolute Gasteiger partial charge is 0.247 e. The van der Waals surface area contributed by atoms with E-state index in [1.165, 1.54) is 0 Å². The number of rotatable bonds is 6. The number of benzene rings is 1. The zero-order valence-electron chi connectivity index (χ0n) is 11.2. The van der Waals surface area contributed by atoms with Crippen molar-refractivity contribution in [2.24, 2.45) is 5.41 Å². The molecule has 0 aliphatic heterocycles. The molecule has 0 aliphatic carbocycles. The molecule has 102 valence electrons. The maximum atomic E-state index is 9.02. The van der Waals surface area contributed by atoms with Crippen LogP contribution in [0.5, 0.6) is 0 Å². The van der Waals surface area contributed by atoms with Gasteiger partial charge in [0, 0.05) is 13.2 Å². The number of hydrogen-bond acceptors (Lipinski definition) is 5. The molecule has 0 bridgehead atoms. The molecule has 19 heavy (non-hydrogen) atoms. The second-order valence-electron chi connectivity index (χ2n) is 5.24. The van der Waals surface area contributed by atoms with Gasteiger partial charge in [-0.15, -0.1) is 0 Å². The highest BCUT2D eigenvalue weighted by atomic mass is 16.3. The minimum atomic E-state index is -0.0117. The molecule has 0 radical (unpaired) electrons. The largest absolute Gasteiger partial charge is 0.396 e. The van der Waals surface area contributed by atoms with Crippen LogP contribution in [-0.2, 0) is 0 Å². The Balaban J connectivity index is 2.09. The van der Waals surface area contributed by atoms with Gasteiger partial charge in [-0.2, -0.15) is 4.68 Å². The van der Waals surface area contributed by atoms with Crippen LogP contribution in [0.2, 0.25) is 0 Å². The predicted molar refractivity (Wildman–Crippen MR) is 73.1 cm³/mol. The predicted octanol–water partition coefficient (Wildman–Crippen LogP) is 1.48. The van der Waals surface area contributed by atoms with E-state index in [9.17, 15) is 0 Å². The first-order valence-corrected chi connectivity index (χ1v) is 6.31. The molecule has 6 nitrogen and oxygen atoms in total. The normalized spacial score (nSPS) is 11.5. The molecule has 0 unspecified atom stereocenters. The Bertz CT molecular complexity index is 509. The van der Waals surface area contributed by atoms with Crippen molar-refractivity contribution in [1.82, 2.24) is 20.2 Å². The lowest BCUT2D eigenvalue weighted by atomic mass is 9.90. The van der Waals surface area contributed by atoms with Gasteiger partial charge in [0.2, 0.25) is 5.95 Å². The summed E-state index contributed by atoms with van der Waals surface area (Å²) in [5, 5.41) is 23.9. The van der Waals surface area contributed by atoms with E-state index in [-0.39, 0.29) is 12.0 Å². The van der Waals surface area contributed by atoms with Gasteiger partial charge in [0.1, 0.15) is 0 Å². The molecule has 1 aromatic heterocycles. The van der Waals surface area contributed by atoms with Gasteiger partial charge in [-0.05, 0) is 34.4 Å². The maximum absolute atomic E-state index is 9.02. The average Bonchev–Trinajstić information content (AvgIpc) is 2.86. The Labute approximate surface area is 112 Å². The highest BCUT2D eigenvalue weighted by Gasteiger charge is 2.18. The first kappa shape index (κ1) is 13.5. The van der Waals surface area contributed by atoms with Crippen LogP contribution in [0.4, 0.5) is 5.95 Å². The number of aliphatic hydroxyl groups is 1. The molecule has 2 rings (SSSR count). The summed E-state index contributed by atoms with van der Waals surface area (Å²) in [5.41, 5.74) is 0.900. The molecule has 1 aromatic carbocycles. The lowest BCUT2D eigenvalue weighted by Crippen LogP contribution is -2.25. The molecule has 6 heteroatoms. The van der Waals surface area contributed by atoms with Crippen LogP contribution < -0.4 is 5.32 Å². The number of hydrogen-bond donors (Lipinski definition) is 2. The molecular weight excluding hydrogens is 242 g/mol. The third kappa shape index (κ3) is 3.51. The molecule has 2 N–H and O–H groups in total. The van der Waals surface area contributed by atoms with Crippen LogP contribution in [0.3, 0.4) is 0 Å². The minimum absolute atomic E-state index is 0.0117. The minimum Gasteiger partial charge on any atom is -0.396 e. The molecule has 0 atom stereocenters. The number of tetrazole rings is 1. The van der Waals surface area contributed by atoms with Crippen LogP contribution >= 0.6 is 0 Å². The summed E-state index contributed by atoms with van der Waals surface area (Å²) in [5.74, 6) is 0.609. The first-order valence-electron chi connectivity index (χ1n) is 6.31. The molecule has 1 heterocycles. The standard InChI is InChI=1S/C13H19N5O/c1-13(2,8-9-19)10-14-12-15-16-17-18(12)11-6-4-3-5-7-11/h3-7,19H,8-10H2,1-2H3,(H,14,15,17). The van der Waals surface area contributed by atoms with E-state index in [0.717, 1.165) is 12.1 Å². The summed E-state index contributed by atoms with van der Waals surface area (Å²) in [4.78, 5) is 0. The summed E-state index contributed by atoms with van der Waals surface area (Å²) in [6.07, 6.45) is 0.729. The number of anilines is 1. The van der Waals surface area contributed by atoms with Crippen molar-refractivity contribution in [3.05, 3.63) is 30.3 Å². The van der Waals surface area contributed by atoms with Gasteiger partial charge in [-0.3, -0.25) is 0 Å². The van der Waals surface area contributed by atoms with Crippen molar-refractivity contribution in [3.8, 4) is 5.69 Å². The van der Waals surface area contributed by atoms with Crippen LogP contribution in [0.25, 0.3) is 5.69 Å². The van der Waals surface area contributed by atoms with Gasteiger partial charge >= 0.3 is 0 Å². The van der Waals surface area contributed by atoms with Gasteiger partial charge in [-0.25, -0.2) is 0 Å². The SMILES string of the molecule is CC(C)(CCO)CNc1nnnn1-c1ccccc1. The van der Waals surface area contributed by atoms with Crippen LogP contribution in [-0.4, -0.2) is 38.5 Å². The molecule has 0 aliphatic rings.